The van der Waals surface area contributed by atoms with Crippen molar-refractivity contribution in [2.24, 2.45) is 5.92 Å². The Kier molecular flexibility index (Phi) is 5.74. The van der Waals surface area contributed by atoms with E-state index in [-0.39, 0.29) is 5.92 Å². The Hall–Kier alpha value is -1.88. The molecule has 1 amide bonds. The Morgan fingerprint density at radius 1 is 1.28 bits per heavy atom. The number of thiazole rings is 1. The lowest BCUT2D eigenvalue weighted by atomic mass is 10.1. The molecule has 5 heteroatoms. The lowest BCUT2D eigenvalue weighted by molar-refractivity contribution is -0.133. The Balaban J connectivity index is 1.58. The molecule has 0 radical (unpaired) electrons. The van der Waals surface area contributed by atoms with E-state index >= 15 is 0 Å². The molecule has 1 aliphatic carbocycles. The van der Waals surface area contributed by atoms with Crippen LogP contribution in [0, 0.1) is 19.8 Å². The van der Waals surface area contributed by atoms with Crippen LogP contribution in [0.15, 0.2) is 23.6 Å². The number of aryl methyl sites for hydroxylation is 2. The summed E-state index contributed by atoms with van der Waals surface area (Å²) in [4.78, 5) is 19.0. The fourth-order valence-corrected chi connectivity index (χ4v) is 3.67. The van der Waals surface area contributed by atoms with Crippen LogP contribution in [0.4, 0.5) is 0 Å². The molecule has 0 bridgehead atoms. The van der Waals surface area contributed by atoms with Gasteiger partial charge in [-0.3, -0.25) is 4.79 Å². The van der Waals surface area contributed by atoms with Crippen molar-refractivity contribution in [3.63, 3.8) is 0 Å². The van der Waals surface area contributed by atoms with Crippen LogP contribution < -0.4 is 4.74 Å². The minimum absolute atomic E-state index is 0.262. The van der Waals surface area contributed by atoms with Crippen LogP contribution in [-0.4, -0.2) is 22.3 Å². The van der Waals surface area contributed by atoms with Crippen LogP contribution in [-0.2, 0) is 17.9 Å². The number of hydrogen-bond acceptors (Lipinski definition) is 4. The summed E-state index contributed by atoms with van der Waals surface area (Å²) in [5, 5.41) is 2.99. The number of nitrogens with zero attached hydrogens (tertiary/aromatic N) is 2. The van der Waals surface area contributed by atoms with Crippen LogP contribution in [0.1, 0.15) is 48.0 Å². The maximum Gasteiger partial charge on any atom is 0.226 e. The smallest absolute Gasteiger partial charge is 0.226 e. The molecule has 1 saturated carbocycles. The summed E-state index contributed by atoms with van der Waals surface area (Å²) in [7, 11) is 0. The number of benzene rings is 1. The topological polar surface area (TPSA) is 42.4 Å². The van der Waals surface area contributed by atoms with Gasteiger partial charge in [-0.15, -0.1) is 11.3 Å². The fourth-order valence-electron chi connectivity index (χ4n) is 2.97. The van der Waals surface area contributed by atoms with Crippen molar-refractivity contribution in [1.29, 1.82) is 0 Å². The molecule has 0 aliphatic heterocycles. The van der Waals surface area contributed by atoms with Gasteiger partial charge in [0.05, 0.1) is 12.2 Å². The van der Waals surface area contributed by atoms with Gasteiger partial charge in [0.15, 0.2) is 0 Å². The van der Waals surface area contributed by atoms with Crippen LogP contribution in [0.2, 0.25) is 0 Å². The fraction of sp³-hybridized carbons (Fsp3) is 0.500. The Morgan fingerprint density at radius 2 is 2.00 bits per heavy atom. The lowest BCUT2D eigenvalue weighted by Gasteiger charge is -2.21. The number of ether oxygens (including phenoxy) is 1. The summed E-state index contributed by atoms with van der Waals surface area (Å²) in [6.07, 6.45) is 3.07. The summed E-state index contributed by atoms with van der Waals surface area (Å²) in [6, 6.07) is 6.21. The predicted octanol–water partition coefficient (Wildman–Crippen LogP) is 4.49. The monoisotopic (exact) mass is 358 g/mol. The summed E-state index contributed by atoms with van der Waals surface area (Å²) in [5.74, 6) is 1.44. The third-order valence-electron chi connectivity index (χ3n) is 4.24. The van der Waals surface area contributed by atoms with Gasteiger partial charge in [-0.25, -0.2) is 4.98 Å². The first kappa shape index (κ1) is 17.9. The molecule has 1 fully saturated rings. The van der Waals surface area contributed by atoms with Crippen molar-refractivity contribution in [1.82, 2.24) is 9.88 Å². The molecule has 0 saturated heterocycles. The Morgan fingerprint density at radius 3 is 2.64 bits per heavy atom. The molecule has 0 N–H and O–H groups in total. The number of amides is 1. The van der Waals surface area contributed by atoms with E-state index in [2.05, 4.69) is 31.8 Å². The van der Waals surface area contributed by atoms with Crippen LogP contribution >= 0.6 is 11.3 Å². The second-order valence-electron chi connectivity index (χ2n) is 6.88. The van der Waals surface area contributed by atoms with E-state index in [1.165, 1.54) is 11.1 Å². The SMILES string of the molecule is CCCN(Cc1csc(COc2cc(C)cc(C)c2)n1)C(=O)C1CC1. The quantitative estimate of drug-likeness (QED) is 0.698. The van der Waals surface area contributed by atoms with E-state index in [9.17, 15) is 4.79 Å². The van der Waals surface area contributed by atoms with Gasteiger partial charge in [0.2, 0.25) is 5.91 Å². The minimum Gasteiger partial charge on any atom is -0.486 e. The van der Waals surface area contributed by atoms with Gasteiger partial charge in [0.1, 0.15) is 17.4 Å². The molecule has 25 heavy (non-hydrogen) atoms. The second kappa shape index (κ2) is 8.00. The number of hydrogen-bond donors (Lipinski definition) is 0. The Bertz CT molecular complexity index is 717. The van der Waals surface area contributed by atoms with E-state index in [1.54, 1.807) is 11.3 Å². The van der Waals surface area contributed by atoms with Crippen LogP contribution in [0.3, 0.4) is 0 Å². The largest absolute Gasteiger partial charge is 0.486 e. The average Bonchev–Trinajstić information content (AvgIpc) is 3.31. The third-order valence-corrected chi connectivity index (χ3v) is 5.11. The summed E-state index contributed by atoms with van der Waals surface area (Å²) in [6.45, 7) is 8.14. The standard InChI is InChI=1S/C20H26N2O2S/c1-4-7-22(20(23)16-5-6-16)11-17-13-25-19(21-17)12-24-18-9-14(2)8-15(3)10-18/h8-10,13,16H,4-7,11-12H2,1-3H3. The number of aromatic nitrogens is 1. The van der Waals surface area contributed by atoms with E-state index in [0.29, 0.717) is 19.1 Å². The molecule has 134 valence electrons. The first-order valence-corrected chi connectivity index (χ1v) is 9.86. The van der Waals surface area contributed by atoms with Crippen molar-refractivity contribution in [2.45, 2.75) is 53.2 Å². The third kappa shape index (κ3) is 5.05. The van der Waals surface area contributed by atoms with Crippen molar-refractivity contribution < 1.29 is 9.53 Å². The number of rotatable bonds is 8. The molecular formula is C20H26N2O2S. The molecule has 0 atom stereocenters. The van der Waals surface area contributed by atoms with Gasteiger partial charge in [0, 0.05) is 17.8 Å². The van der Waals surface area contributed by atoms with Crippen molar-refractivity contribution >= 4 is 17.2 Å². The molecule has 4 nitrogen and oxygen atoms in total. The predicted molar refractivity (Wildman–Crippen MR) is 101 cm³/mol. The highest BCUT2D eigenvalue weighted by molar-refractivity contribution is 7.09. The maximum atomic E-state index is 12.4. The van der Waals surface area contributed by atoms with E-state index in [0.717, 1.165) is 42.3 Å². The van der Waals surface area contributed by atoms with Crippen molar-refractivity contribution in [2.75, 3.05) is 6.54 Å². The molecule has 1 heterocycles. The maximum absolute atomic E-state index is 12.4. The highest BCUT2D eigenvalue weighted by Gasteiger charge is 2.33. The summed E-state index contributed by atoms with van der Waals surface area (Å²) < 4.78 is 5.88. The zero-order valence-electron chi connectivity index (χ0n) is 15.2. The average molecular weight is 359 g/mol. The van der Waals surface area contributed by atoms with Gasteiger partial charge in [-0.2, -0.15) is 0 Å². The Labute approximate surface area is 153 Å². The number of carbonyl (C=O) groups excluding carboxylic acids is 1. The highest BCUT2D eigenvalue weighted by Crippen LogP contribution is 2.31. The normalized spacial score (nSPS) is 13.7. The van der Waals surface area contributed by atoms with E-state index in [4.69, 9.17) is 4.74 Å². The van der Waals surface area contributed by atoms with Gasteiger partial charge in [-0.05, 0) is 56.4 Å². The summed E-state index contributed by atoms with van der Waals surface area (Å²) >= 11 is 1.60. The second-order valence-corrected chi connectivity index (χ2v) is 7.82. The van der Waals surface area contributed by atoms with E-state index < -0.39 is 0 Å². The van der Waals surface area contributed by atoms with Crippen LogP contribution in [0.5, 0.6) is 5.75 Å². The minimum atomic E-state index is 0.262. The van der Waals surface area contributed by atoms with Crippen LogP contribution in [0.25, 0.3) is 0 Å². The first-order valence-electron chi connectivity index (χ1n) is 8.98. The zero-order chi connectivity index (χ0) is 17.8. The number of carbonyl (C=O) groups is 1. The highest BCUT2D eigenvalue weighted by atomic mass is 32.1. The first-order chi connectivity index (χ1) is 12.0. The molecule has 1 aromatic carbocycles. The molecular weight excluding hydrogens is 332 g/mol. The summed E-state index contributed by atoms with van der Waals surface area (Å²) in [5.41, 5.74) is 3.36. The zero-order valence-corrected chi connectivity index (χ0v) is 16.1. The molecule has 1 aromatic heterocycles. The van der Waals surface area contributed by atoms with Gasteiger partial charge in [0.25, 0.3) is 0 Å². The lowest BCUT2D eigenvalue weighted by Crippen LogP contribution is -2.32. The van der Waals surface area contributed by atoms with Crippen molar-refractivity contribution in [3.05, 3.63) is 45.4 Å². The van der Waals surface area contributed by atoms with Crippen molar-refractivity contribution in [3.8, 4) is 5.75 Å². The molecule has 0 unspecified atom stereocenters. The molecule has 1 aliphatic rings. The molecule has 3 rings (SSSR count). The van der Waals surface area contributed by atoms with E-state index in [1.807, 2.05) is 22.4 Å². The van der Waals surface area contributed by atoms with Gasteiger partial charge < -0.3 is 9.64 Å². The molecule has 0 spiro atoms. The van der Waals surface area contributed by atoms with Gasteiger partial charge >= 0.3 is 0 Å². The van der Waals surface area contributed by atoms with Gasteiger partial charge in [-0.1, -0.05) is 13.0 Å². The molecule has 2 aromatic rings.